The van der Waals surface area contributed by atoms with Gasteiger partial charge in [0.25, 0.3) is 5.91 Å². The molecule has 0 aliphatic rings. The number of ether oxygens (including phenoxy) is 2. The van der Waals surface area contributed by atoms with Gasteiger partial charge in [-0.05, 0) is 88.0 Å². The molecule has 0 radical (unpaired) electrons. The molecule has 0 unspecified atom stereocenters. The first-order chi connectivity index (χ1) is 20.1. The van der Waals surface area contributed by atoms with Crippen molar-refractivity contribution >= 4 is 55.5 Å². The number of benzene rings is 4. The Morgan fingerprint density at radius 2 is 1.74 bits per heavy atom. The molecule has 0 saturated heterocycles. The Labute approximate surface area is 260 Å². The summed E-state index contributed by atoms with van der Waals surface area (Å²) in [5, 5.41) is 6.37. The molecule has 4 aromatic rings. The average molecular weight is 700 g/mol. The van der Waals surface area contributed by atoms with Crippen molar-refractivity contribution in [1.29, 1.82) is 0 Å². The first-order valence-corrected chi connectivity index (χ1v) is 16.0. The number of aryl methyl sites for hydroxylation is 1. The van der Waals surface area contributed by atoms with Crippen LogP contribution in [0.1, 0.15) is 37.0 Å². The number of hydrazone groups is 1. The van der Waals surface area contributed by atoms with Crippen LogP contribution in [0.2, 0.25) is 0 Å². The lowest BCUT2D eigenvalue weighted by molar-refractivity contribution is -0.123. The summed E-state index contributed by atoms with van der Waals surface area (Å²) >= 11 is 2.18. The Morgan fingerprint density at radius 3 is 2.45 bits per heavy atom. The quantitative estimate of drug-likeness (QED) is 0.104. The summed E-state index contributed by atoms with van der Waals surface area (Å²) in [5.74, 6) is 0.651. The van der Waals surface area contributed by atoms with E-state index in [0.29, 0.717) is 30.1 Å². The Kier molecular flexibility index (Phi) is 10.6. The van der Waals surface area contributed by atoms with Crippen molar-refractivity contribution in [1.82, 2.24) is 10.1 Å². The van der Waals surface area contributed by atoms with E-state index < -0.39 is 22.0 Å². The molecule has 4 rings (SSSR count). The predicted molar refractivity (Wildman–Crippen MR) is 174 cm³/mol. The van der Waals surface area contributed by atoms with E-state index in [9.17, 15) is 13.2 Å². The molecule has 0 fully saturated rings. The number of carbonyl (C=O) groups excluding carboxylic acids is 1. The number of sulfonamides is 1. The van der Waals surface area contributed by atoms with Gasteiger partial charge in [0.05, 0.1) is 21.8 Å². The van der Waals surface area contributed by atoms with Crippen LogP contribution in [-0.2, 0) is 21.4 Å². The highest BCUT2D eigenvalue weighted by atomic mass is 127. The molecule has 1 amide bonds. The van der Waals surface area contributed by atoms with E-state index in [1.807, 2.05) is 51.1 Å². The monoisotopic (exact) mass is 699 g/mol. The molecular weight excluding hydrogens is 665 g/mol. The maximum Gasteiger partial charge on any atom is 0.258 e. The molecule has 220 valence electrons. The standard InChI is InChI=1S/C32H34IN3O5S/c1-21(2)16-29(36-42(38,39)26-14-12-22(3)13-15-26)32(37)35-34-19-23-17-28(33)31(30(18-23)40-4)41-20-25-10-7-9-24-8-5-6-11-27(24)25/h5-15,17-19,21,29,36H,16,20H2,1-4H3,(H,35,37)/b34-19-/t29-/m0/s1. The molecule has 42 heavy (non-hydrogen) atoms. The molecule has 0 aromatic heterocycles. The number of carbonyl (C=O) groups is 1. The van der Waals surface area contributed by atoms with Gasteiger partial charge in [0, 0.05) is 0 Å². The lowest BCUT2D eigenvalue weighted by atomic mass is 10.0. The summed E-state index contributed by atoms with van der Waals surface area (Å²) in [4.78, 5) is 13.1. The smallest absolute Gasteiger partial charge is 0.258 e. The first kappa shape index (κ1) is 31.5. The van der Waals surface area contributed by atoms with Gasteiger partial charge in [0.15, 0.2) is 11.5 Å². The fourth-order valence-corrected chi connectivity index (χ4v) is 6.41. The van der Waals surface area contributed by atoms with Crippen LogP contribution < -0.4 is 19.6 Å². The molecule has 4 aromatic carbocycles. The molecule has 0 heterocycles. The van der Waals surface area contributed by atoms with Gasteiger partial charge in [-0.3, -0.25) is 4.79 Å². The predicted octanol–water partition coefficient (Wildman–Crippen LogP) is 6.18. The number of halogens is 1. The molecule has 1 atom stereocenters. The molecule has 0 aliphatic carbocycles. The number of methoxy groups -OCH3 is 1. The summed E-state index contributed by atoms with van der Waals surface area (Å²) in [6.45, 7) is 6.08. The largest absolute Gasteiger partial charge is 0.493 e. The normalized spacial score (nSPS) is 12.5. The van der Waals surface area contributed by atoms with Crippen LogP contribution in [0, 0.1) is 16.4 Å². The van der Waals surface area contributed by atoms with Crippen molar-refractivity contribution in [3.8, 4) is 11.5 Å². The molecule has 0 spiro atoms. The highest BCUT2D eigenvalue weighted by Gasteiger charge is 2.26. The van der Waals surface area contributed by atoms with E-state index in [4.69, 9.17) is 9.47 Å². The van der Waals surface area contributed by atoms with E-state index in [1.54, 1.807) is 25.3 Å². The Hall–Kier alpha value is -3.48. The van der Waals surface area contributed by atoms with Crippen LogP contribution in [0.25, 0.3) is 10.8 Å². The van der Waals surface area contributed by atoms with E-state index in [2.05, 4.69) is 56.0 Å². The maximum absolute atomic E-state index is 13.0. The van der Waals surface area contributed by atoms with E-state index in [0.717, 1.165) is 25.5 Å². The van der Waals surface area contributed by atoms with Crippen molar-refractivity contribution in [2.45, 2.75) is 44.7 Å². The average Bonchev–Trinajstić information content (AvgIpc) is 2.95. The summed E-state index contributed by atoms with van der Waals surface area (Å²) in [6, 6.07) is 23.4. The zero-order chi connectivity index (χ0) is 30.3. The molecule has 0 aliphatic heterocycles. The molecular formula is C32H34IN3O5S. The summed E-state index contributed by atoms with van der Waals surface area (Å²) in [5.41, 5.74) is 5.16. The Morgan fingerprint density at radius 1 is 1.02 bits per heavy atom. The number of rotatable bonds is 12. The first-order valence-electron chi connectivity index (χ1n) is 13.5. The second-order valence-electron chi connectivity index (χ2n) is 10.3. The van der Waals surface area contributed by atoms with Gasteiger partial charge in [0.2, 0.25) is 10.0 Å². The SMILES string of the molecule is COc1cc(/C=N\NC(=O)[C@H](CC(C)C)NS(=O)(=O)c2ccc(C)cc2)cc(I)c1OCc1cccc2ccccc12. The van der Waals surface area contributed by atoms with Crippen LogP contribution in [0.5, 0.6) is 11.5 Å². The van der Waals surface area contributed by atoms with Crippen molar-refractivity contribution in [2.24, 2.45) is 11.0 Å². The highest BCUT2D eigenvalue weighted by Crippen LogP contribution is 2.34. The minimum Gasteiger partial charge on any atom is -0.493 e. The van der Waals surface area contributed by atoms with Gasteiger partial charge in [-0.25, -0.2) is 13.8 Å². The van der Waals surface area contributed by atoms with Crippen molar-refractivity contribution in [2.75, 3.05) is 7.11 Å². The van der Waals surface area contributed by atoms with E-state index in [-0.39, 0.29) is 10.8 Å². The van der Waals surface area contributed by atoms with Crippen LogP contribution >= 0.6 is 22.6 Å². The molecule has 8 nitrogen and oxygen atoms in total. The third-order valence-electron chi connectivity index (χ3n) is 6.54. The van der Waals surface area contributed by atoms with Gasteiger partial charge in [0.1, 0.15) is 12.6 Å². The number of nitrogens with one attached hydrogen (secondary N) is 2. The van der Waals surface area contributed by atoms with Gasteiger partial charge in [-0.2, -0.15) is 9.82 Å². The maximum atomic E-state index is 13.0. The minimum atomic E-state index is -3.90. The van der Waals surface area contributed by atoms with Crippen molar-refractivity contribution in [3.63, 3.8) is 0 Å². The lowest BCUT2D eigenvalue weighted by Gasteiger charge is -2.19. The van der Waals surface area contributed by atoms with Gasteiger partial charge < -0.3 is 9.47 Å². The third-order valence-corrected chi connectivity index (χ3v) is 8.83. The van der Waals surface area contributed by atoms with Gasteiger partial charge >= 0.3 is 0 Å². The van der Waals surface area contributed by atoms with E-state index >= 15 is 0 Å². The van der Waals surface area contributed by atoms with E-state index in [1.165, 1.54) is 18.3 Å². The minimum absolute atomic E-state index is 0.0673. The van der Waals surface area contributed by atoms with Crippen LogP contribution in [0.15, 0.2) is 88.9 Å². The molecule has 10 heteroatoms. The Bertz CT molecular complexity index is 1680. The van der Waals surface area contributed by atoms with Gasteiger partial charge in [-0.15, -0.1) is 0 Å². The zero-order valence-corrected chi connectivity index (χ0v) is 26.9. The summed E-state index contributed by atoms with van der Waals surface area (Å²) in [7, 11) is -2.33. The van der Waals surface area contributed by atoms with Crippen molar-refractivity contribution in [3.05, 3.63) is 99.1 Å². The fraction of sp³-hybridized carbons (Fsp3) is 0.250. The molecule has 0 saturated carbocycles. The summed E-state index contributed by atoms with van der Waals surface area (Å²) in [6.07, 6.45) is 1.79. The van der Waals surface area contributed by atoms with Crippen molar-refractivity contribution < 1.29 is 22.7 Å². The number of nitrogens with zero attached hydrogens (tertiary/aromatic N) is 1. The third kappa shape index (κ3) is 8.08. The lowest BCUT2D eigenvalue weighted by Crippen LogP contribution is -2.46. The number of hydrogen-bond donors (Lipinski definition) is 2. The fourth-order valence-electron chi connectivity index (χ4n) is 4.42. The molecule has 2 N–H and O–H groups in total. The zero-order valence-electron chi connectivity index (χ0n) is 23.9. The second kappa shape index (κ2) is 14.1. The van der Waals surface area contributed by atoms with Crippen LogP contribution in [0.4, 0.5) is 0 Å². The van der Waals surface area contributed by atoms with Gasteiger partial charge in [-0.1, -0.05) is 74.0 Å². The van der Waals surface area contributed by atoms with Crippen LogP contribution in [-0.4, -0.2) is 33.7 Å². The molecule has 0 bridgehead atoms. The number of fused-ring (bicyclic) bond motifs is 1. The topological polar surface area (TPSA) is 106 Å². The van der Waals surface area contributed by atoms with Crippen LogP contribution in [0.3, 0.4) is 0 Å². The highest BCUT2D eigenvalue weighted by molar-refractivity contribution is 14.1. The number of hydrogen-bond acceptors (Lipinski definition) is 6. The second-order valence-corrected chi connectivity index (χ2v) is 13.2. The Balaban J connectivity index is 1.45. The summed E-state index contributed by atoms with van der Waals surface area (Å²) < 4.78 is 41.0. The number of amides is 1.